The molecule has 0 spiro atoms. The molecule has 2 aliphatic heterocycles. The third-order valence-corrected chi connectivity index (χ3v) is 6.84. The van der Waals surface area contributed by atoms with Gasteiger partial charge < -0.3 is 15.5 Å². The van der Waals surface area contributed by atoms with Crippen molar-refractivity contribution in [2.24, 2.45) is 5.92 Å². The van der Waals surface area contributed by atoms with Crippen molar-refractivity contribution >= 4 is 28.9 Å². The van der Waals surface area contributed by atoms with E-state index in [-0.39, 0.29) is 23.8 Å². The molecule has 0 aliphatic carbocycles. The molecule has 1 atom stereocenters. The fraction of sp³-hybridized carbons (Fsp3) is 0.407. The van der Waals surface area contributed by atoms with Gasteiger partial charge in [-0.05, 0) is 55.2 Å². The number of aryl methyl sites for hydroxylation is 1. The first-order chi connectivity index (χ1) is 16.0. The highest BCUT2D eigenvalue weighted by molar-refractivity contribution is 6.00. The van der Waals surface area contributed by atoms with Gasteiger partial charge in [0.25, 0.3) is 0 Å². The maximum atomic E-state index is 12.4. The SMILES string of the molecule is CCC(CC)C(=O)Nc1ccc(N2CCN(C3C=CC(=O)Nc4ccccc43)CC2)c(C)c1. The Labute approximate surface area is 196 Å². The van der Waals surface area contributed by atoms with Crippen LogP contribution in [0.25, 0.3) is 0 Å². The van der Waals surface area contributed by atoms with Crippen molar-refractivity contribution in [3.05, 3.63) is 65.7 Å². The summed E-state index contributed by atoms with van der Waals surface area (Å²) >= 11 is 0. The second-order valence-electron chi connectivity index (χ2n) is 8.91. The van der Waals surface area contributed by atoms with Crippen LogP contribution in [0.1, 0.15) is 43.9 Å². The standard InChI is InChI=1S/C27H34N4O2/c1-4-20(5-2)27(33)28-21-10-11-24(19(3)18-21)30-14-16-31(17-15-30)25-12-13-26(32)29-23-9-7-6-8-22(23)25/h6-13,18,20,25H,4-5,14-17H2,1-3H3,(H,28,33)(H,29,32). The minimum absolute atomic E-state index is 0.0618. The Morgan fingerprint density at radius 3 is 2.52 bits per heavy atom. The molecule has 2 N–H and O–H groups in total. The molecular weight excluding hydrogens is 412 g/mol. The van der Waals surface area contributed by atoms with E-state index in [1.165, 1.54) is 11.3 Å². The molecule has 174 valence electrons. The Morgan fingerprint density at radius 1 is 1.09 bits per heavy atom. The average Bonchev–Trinajstić information content (AvgIpc) is 2.98. The monoisotopic (exact) mass is 446 g/mol. The average molecular weight is 447 g/mol. The van der Waals surface area contributed by atoms with Crippen LogP contribution in [0.5, 0.6) is 0 Å². The van der Waals surface area contributed by atoms with Crippen LogP contribution in [0.2, 0.25) is 0 Å². The molecule has 0 saturated carbocycles. The number of hydrogen-bond acceptors (Lipinski definition) is 4. The summed E-state index contributed by atoms with van der Waals surface area (Å²) in [5.74, 6) is 0.0905. The van der Waals surface area contributed by atoms with Gasteiger partial charge in [-0.2, -0.15) is 0 Å². The third kappa shape index (κ3) is 5.11. The predicted molar refractivity (Wildman–Crippen MR) is 135 cm³/mol. The van der Waals surface area contributed by atoms with E-state index in [4.69, 9.17) is 0 Å². The van der Waals surface area contributed by atoms with Crippen molar-refractivity contribution in [2.45, 2.75) is 39.7 Å². The summed E-state index contributed by atoms with van der Waals surface area (Å²) < 4.78 is 0. The molecule has 33 heavy (non-hydrogen) atoms. The number of nitrogens with one attached hydrogen (secondary N) is 2. The molecule has 2 aromatic carbocycles. The number of nitrogens with zero attached hydrogens (tertiary/aromatic N) is 2. The molecule has 2 amide bonds. The molecule has 2 aromatic rings. The van der Waals surface area contributed by atoms with Crippen LogP contribution in [0, 0.1) is 12.8 Å². The van der Waals surface area contributed by atoms with Crippen molar-refractivity contribution in [1.82, 2.24) is 4.90 Å². The van der Waals surface area contributed by atoms with Crippen LogP contribution in [0.4, 0.5) is 17.1 Å². The first-order valence-corrected chi connectivity index (χ1v) is 12.0. The Bertz CT molecular complexity index is 1040. The van der Waals surface area contributed by atoms with Crippen LogP contribution in [0.15, 0.2) is 54.6 Å². The van der Waals surface area contributed by atoms with Gasteiger partial charge in [0, 0.05) is 55.2 Å². The van der Waals surface area contributed by atoms with E-state index in [2.05, 4.69) is 59.4 Å². The number of fused-ring (bicyclic) bond motifs is 1. The molecule has 2 aliphatic rings. The number of amides is 2. The zero-order valence-electron chi connectivity index (χ0n) is 19.8. The lowest BCUT2D eigenvalue weighted by Crippen LogP contribution is -2.47. The van der Waals surface area contributed by atoms with Crippen LogP contribution in [-0.4, -0.2) is 42.9 Å². The molecule has 0 aromatic heterocycles. The maximum absolute atomic E-state index is 12.4. The molecule has 6 heteroatoms. The van der Waals surface area contributed by atoms with Crippen molar-refractivity contribution in [1.29, 1.82) is 0 Å². The largest absolute Gasteiger partial charge is 0.369 e. The van der Waals surface area contributed by atoms with Crippen molar-refractivity contribution < 1.29 is 9.59 Å². The lowest BCUT2D eigenvalue weighted by atomic mass is 10.0. The smallest absolute Gasteiger partial charge is 0.248 e. The lowest BCUT2D eigenvalue weighted by molar-refractivity contribution is -0.120. The molecule has 0 bridgehead atoms. The number of anilines is 3. The van der Waals surface area contributed by atoms with Gasteiger partial charge in [0.1, 0.15) is 0 Å². The fourth-order valence-corrected chi connectivity index (χ4v) is 4.88. The summed E-state index contributed by atoms with van der Waals surface area (Å²) in [6.07, 6.45) is 5.37. The minimum atomic E-state index is -0.0735. The summed E-state index contributed by atoms with van der Waals surface area (Å²) in [6, 6.07) is 14.3. The molecule has 4 rings (SSSR count). The van der Waals surface area contributed by atoms with E-state index >= 15 is 0 Å². The highest BCUT2D eigenvalue weighted by Gasteiger charge is 2.27. The number of carbonyl (C=O) groups excluding carboxylic acids is 2. The molecule has 2 heterocycles. The highest BCUT2D eigenvalue weighted by atomic mass is 16.2. The fourth-order valence-electron chi connectivity index (χ4n) is 4.88. The summed E-state index contributed by atoms with van der Waals surface area (Å²) in [5.41, 5.74) is 5.27. The second-order valence-corrected chi connectivity index (χ2v) is 8.91. The van der Waals surface area contributed by atoms with Crippen LogP contribution >= 0.6 is 0 Å². The first-order valence-electron chi connectivity index (χ1n) is 12.0. The van der Waals surface area contributed by atoms with Gasteiger partial charge in [0.2, 0.25) is 11.8 Å². The van der Waals surface area contributed by atoms with Crippen LogP contribution < -0.4 is 15.5 Å². The Hall–Kier alpha value is -3.12. The van der Waals surface area contributed by atoms with Gasteiger partial charge in [-0.25, -0.2) is 0 Å². The molecule has 0 radical (unpaired) electrons. The molecule has 1 saturated heterocycles. The van der Waals surface area contributed by atoms with Gasteiger partial charge in [0.05, 0.1) is 6.04 Å². The molecule has 1 unspecified atom stereocenters. The zero-order valence-corrected chi connectivity index (χ0v) is 19.8. The van der Waals surface area contributed by atoms with Crippen molar-refractivity contribution in [2.75, 3.05) is 41.7 Å². The maximum Gasteiger partial charge on any atom is 0.248 e. The van der Waals surface area contributed by atoms with Gasteiger partial charge in [0.15, 0.2) is 0 Å². The summed E-state index contributed by atoms with van der Waals surface area (Å²) in [7, 11) is 0. The minimum Gasteiger partial charge on any atom is -0.369 e. The highest BCUT2D eigenvalue weighted by Crippen LogP contribution is 2.33. The van der Waals surface area contributed by atoms with E-state index in [9.17, 15) is 9.59 Å². The van der Waals surface area contributed by atoms with E-state index in [0.29, 0.717) is 0 Å². The van der Waals surface area contributed by atoms with E-state index in [1.807, 2.05) is 30.3 Å². The van der Waals surface area contributed by atoms with Gasteiger partial charge in [-0.1, -0.05) is 38.1 Å². The quantitative estimate of drug-likeness (QED) is 0.673. The number of hydrogen-bond donors (Lipinski definition) is 2. The van der Waals surface area contributed by atoms with Crippen LogP contribution in [0.3, 0.4) is 0 Å². The van der Waals surface area contributed by atoms with E-state index in [1.54, 1.807) is 6.08 Å². The Morgan fingerprint density at radius 2 is 1.82 bits per heavy atom. The van der Waals surface area contributed by atoms with E-state index < -0.39 is 0 Å². The summed E-state index contributed by atoms with van der Waals surface area (Å²) in [6.45, 7) is 9.85. The third-order valence-electron chi connectivity index (χ3n) is 6.84. The topological polar surface area (TPSA) is 64.7 Å². The predicted octanol–water partition coefficient (Wildman–Crippen LogP) is 4.74. The van der Waals surface area contributed by atoms with Crippen molar-refractivity contribution in [3.8, 4) is 0 Å². The first kappa shape index (κ1) is 23.1. The van der Waals surface area contributed by atoms with Gasteiger partial charge in [-0.3, -0.25) is 14.5 Å². The van der Waals surface area contributed by atoms with Gasteiger partial charge >= 0.3 is 0 Å². The zero-order chi connectivity index (χ0) is 23.4. The number of carbonyl (C=O) groups is 2. The second kappa shape index (κ2) is 10.2. The summed E-state index contributed by atoms with van der Waals surface area (Å²) in [5, 5.41) is 6.05. The molecule has 6 nitrogen and oxygen atoms in total. The number of para-hydroxylation sites is 1. The van der Waals surface area contributed by atoms with Crippen LogP contribution in [-0.2, 0) is 9.59 Å². The summed E-state index contributed by atoms with van der Waals surface area (Å²) in [4.78, 5) is 29.3. The Balaban J connectivity index is 1.43. The molecular formula is C27H34N4O2. The number of piperazine rings is 1. The normalized spacial score (nSPS) is 18.6. The van der Waals surface area contributed by atoms with E-state index in [0.717, 1.165) is 56.0 Å². The Kier molecular flexibility index (Phi) is 7.14. The van der Waals surface area contributed by atoms with Crippen molar-refractivity contribution in [3.63, 3.8) is 0 Å². The molecule has 1 fully saturated rings. The van der Waals surface area contributed by atoms with Gasteiger partial charge in [-0.15, -0.1) is 0 Å². The lowest BCUT2D eigenvalue weighted by Gasteiger charge is -2.40. The number of rotatable bonds is 6. The number of benzene rings is 2.